The van der Waals surface area contributed by atoms with Crippen molar-refractivity contribution >= 4 is 17.5 Å². The second-order valence-corrected chi connectivity index (χ2v) is 7.64. The molecule has 3 heterocycles. The van der Waals surface area contributed by atoms with E-state index in [0.717, 1.165) is 11.1 Å². The largest absolute Gasteiger partial charge is 0.489 e. The van der Waals surface area contributed by atoms with E-state index in [1.165, 1.54) is 6.33 Å². The lowest BCUT2D eigenvalue weighted by Gasteiger charge is -2.29. The fraction of sp³-hybridized carbons (Fsp3) is 0.120. The molecule has 1 aliphatic rings. The fourth-order valence-corrected chi connectivity index (χ4v) is 3.84. The normalized spacial score (nSPS) is 14.9. The standard InChI is InChI=1S/C25H22N6O2/c1-17-22(24(32)30-20-10-6-12-26-14-20)23(31-25(29-17)27-16-28-31)19-9-5-11-21(13-19)33-15-18-7-3-2-4-8-18/h2-14,16,23H,15H2,1H3,(H,30,32)(H,27,28,29)/t23-/m1/s1. The van der Waals surface area contributed by atoms with E-state index in [9.17, 15) is 4.79 Å². The van der Waals surface area contributed by atoms with Crippen LogP contribution in [-0.4, -0.2) is 25.7 Å². The summed E-state index contributed by atoms with van der Waals surface area (Å²) in [4.78, 5) is 21.7. The summed E-state index contributed by atoms with van der Waals surface area (Å²) in [5.41, 5.74) is 3.81. The summed E-state index contributed by atoms with van der Waals surface area (Å²) in [6, 6.07) is 20.8. The number of hydrogen-bond donors (Lipinski definition) is 2. The lowest BCUT2D eigenvalue weighted by molar-refractivity contribution is -0.113. The van der Waals surface area contributed by atoms with Crippen molar-refractivity contribution in [1.82, 2.24) is 19.7 Å². The first kappa shape index (κ1) is 20.4. The van der Waals surface area contributed by atoms with Crippen LogP contribution in [0.15, 0.2) is 96.7 Å². The Morgan fingerprint density at radius 1 is 1.12 bits per heavy atom. The second-order valence-electron chi connectivity index (χ2n) is 7.64. The van der Waals surface area contributed by atoms with Crippen LogP contribution in [0.1, 0.15) is 24.1 Å². The Kier molecular flexibility index (Phi) is 5.55. The Bertz CT molecular complexity index is 1300. The Morgan fingerprint density at radius 2 is 2.00 bits per heavy atom. The maximum absolute atomic E-state index is 13.4. The maximum Gasteiger partial charge on any atom is 0.255 e. The summed E-state index contributed by atoms with van der Waals surface area (Å²) in [6.07, 6.45) is 4.74. The van der Waals surface area contributed by atoms with Gasteiger partial charge in [0.05, 0.1) is 17.5 Å². The molecule has 0 aliphatic carbocycles. The molecule has 0 spiro atoms. The highest BCUT2D eigenvalue weighted by molar-refractivity contribution is 6.05. The van der Waals surface area contributed by atoms with Gasteiger partial charge in [-0.2, -0.15) is 10.1 Å². The first-order chi connectivity index (χ1) is 16.2. The molecule has 0 unspecified atom stereocenters. The van der Waals surface area contributed by atoms with Crippen LogP contribution in [0.25, 0.3) is 0 Å². The van der Waals surface area contributed by atoms with Crippen molar-refractivity contribution in [2.75, 3.05) is 10.6 Å². The molecular weight excluding hydrogens is 416 g/mol. The third-order valence-electron chi connectivity index (χ3n) is 5.38. The number of ether oxygens (including phenoxy) is 1. The van der Waals surface area contributed by atoms with Crippen molar-refractivity contribution in [3.8, 4) is 5.75 Å². The summed E-state index contributed by atoms with van der Waals surface area (Å²) in [5, 5.41) is 10.5. The average Bonchev–Trinajstić information content (AvgIpc) is 3.31. The number of allylic oxidation sites excluding steroid dienone is 1. The number of amides is 1. The number of carbonyl (C=O) groups is 1. The predicted molar refractivity (Wildman–Crippen MR) is 125 cm³/mol. The molecule has 0 saturated heterocycles. The maximum atomic E-state index is 13.4. The molecule has 0 saturated carbocycles. The zero-order valence-corrected chi connectivity index (χ0v) is 18.0. The van der Waals surface area contributed by atoms with Crippen molar-refractivity contribution in [2.45, 2.75) is 19.6 Å². The van der Waals surface area contributed by atoms with Gasteiger partial charge >= 0.3 is 0 Å². The molecule has 5 rings (SSSR count). The average molecular weight is 438 g/mol. The molecule has 164 valence electrons. The number of carbonyl (C=O) groups excluding carboxylic acids is 1. The Balaban J connectivity index is 1.47. The van der Waals surface area contributed by atoms with E-state index in [0.29, 0.717) is 35.3 Å². The van der Waals surface area contributed by atoms with Gasteiger partial charge in [-0.15, -0.1) is 0 Å². The fourth-order valence-electron chi connectivity index (χ4n) is 3.84. The summed E-state index contributed by atoms with van der Waals surface area (Å²) >= 11 is 0. The smallest absolute Gasteiger partial charge is 0.255 e. The molecule has 0 bridgehead atoms. The number of aromatic nitrogens is 4. The SMILES string of the molecule is CC1=C(C(=O)Nc2cccnc2)[C@@H](c2cccc(OCc3ccccc3)c2)n2ncnc2N1. The van der Waals surface area contributed by atoms with Crippen molar-refractivity contribution in [1.29, 1.82) is 0 Å². The van der Waals surface area contributed by atoms with Crippen LogP contribution in [0.3, 0.4) is 0 Å². The van der Waals surface area contributed by atoms with Crippen molar-refractivity contribution in [2.24, 2.45) is 0 Å². The number of hydrogen-bond acceptors (Lipinski definition) is 6. The van der Waals surface area contributed by atoms with E-state index < -0.39 is 6.04 Å². The molecule has 4 aromatic rings. The number of nitrogens with zero attached hydrogens (tertiary/aromatic N) is 4. The predicted octanol–water partition coefficient (Wildman–Crippen LogP) is 4.18. The van der Waals surface area contributed by atoms with Crippen LogP contribution in [0, 0.1) is 0 Å². The number of fused-ring (bicyclic) bond motifs is 1. The third-order valence-corrected chi connectivity index (χ3v) is 5.38. The van der Waals surface area contributed by atoms with Crippen molar-refractivity contribution in [3.63, 3.8) is 0 Å². The zero-order chi connectivity index (χ0) is 22.6. The summed E-state index contributed by atoms with van der Waals surface area (Å²) in [7, 11) is 0. The van der Waals surface area contributed by atoms with Crippen LogP contribution in [0.5, 0.6) is 5.75 Å². The van der Waals surface area contributed by atoms with Crippen molar-refractivity contribution in [3.05, 3.63) is 108 Å². The van der Waals surface area contributed by atoms with Gasteiger partial charge < -0.3 is 15.4 Å². The summed E-state index contributed by atoms with van der Waals surface area (Å²) < 4.78 is 7.74. The van der Waals surface area contributed by atoms with Gasteiger partial charge in [-0.3, -0.25) is 9.78 Å². The van der Waals surface area contributed by atoms with E-state index in [2.05, 4.69) is 25.7 Å². The minimum Gasteiger partial charge on any atom is -0.489 e. The highest BCUT2D eigenvalue weighted by atomic mass is 16.5. The van der Waals surface area contributed by atoms with Gasteiger partial charge in [-0.25, -0.2) is 4.68 Å². The number of anilines is 2. The lowest BCUT2D eigenvalue weighted by Crippen LogP contribution is -2.31. The van der Waals surface area contributed by atoms with Gasteiger partial charge in [0.1, 0.15) is 24.7 Å². The molecule has 33 heavy (non-hydrogen) atoms. The Morgan fingerprint density at radius 3 is 2.82 bits per heavy atom. The van der Waals surface area contributed by atoms with E-state index in [4.69, 9.17) is 4.74 Å². The molecule has 1 atom stereocenters. The highest BCUT2D eigenvalue weighted by Gasteiger charge is 2.33. The Hall–Kier alpha value is -4.46. The Labute approximate surface area is 191 Å². The number of rotatable bonds is 6. The van der Waals surface area contributed by atoms with Gasteiger partial charge in [0, 0.05) is 11.9 Å². The third kappa shape index (κ3) is 4.31. The molecule has 2 N–H and O–H groups in total. The van der Waals surface area contributed by atoms with Crippen molar-refractivity contribution < 1.29 is 9.53 Å². The highest BCUT2D eigenvalue weighted by Crippen LogP contribution is 2.36. The molecule has 0 radical (unpaired) electrons. The van der Waals surface area contributed by atoms with Gasteiger partial charge in [0.15, 0.2) is 0 Å². The molecule has 2 aromatic carbocycles. The monoisotopic (exact) mass is 438 g/mol. The van der Waals surface area contributed by atoms with Crippen LogP contribution in [0.4, 0.5) is 11.6 Å². The lowest BCUT2D eigenvalue weighted by atomic mass is 9.95. The van der Waals surface area contributed by atoms with Crippen LogP contribution < -0.4 is 15.4 Å². The van der Waals surface area contributed by atoms with Gasteiger partial charge in [-0.05, 0) is 42.3 Å². The van der Waals surface area contributed by atoms with Crippen LogP contribution in [-0.2, 0) is 11.4 Å². The van der Waals surface area contributed by atoms with Gasteiger partial charge in [-0.1, -0.05) is 42.5 Å². The van der Waals surface area contributed by atoms with E-state index >= 15 is 0 Å². The van der Waals surface area contributed by atoms with E-state index in [-0.39, 0.29) is 5.91 Å². The van der Waals surface area contributed by atoms with E-state index in [1.807, 2.05) is 61.5 Å². The summed E-state index contributed by atoms with van der Waals surface area (Å²) in [5.74, 6) is 1.04. The second kappa shape index (κ2) is 8.96. The molecule has 8 nitrogen and oxygen atoms in total. The van der Waals surface area contributed by atoms with Crippen LogP contribution in [0.2, 0.25) is 0 Å². The number of pyridine rings is 1. The molecule has 1 amide bonds. The molecule has 1 aliphatic heterocycles. The number of nitrogens with one attached hydrogen (secondary N) is 2. The first-order valence-electron chi connectivity index (χ1n) is 10.5. The quantitative estimate of drug-likeness (QED) is 0.469. The minimum atomic E-state index is -0.472. The summed E-state index contributed by atoms with van der Waals surface area (Å²) in [6.45, 7) is 2.31. The minimum absolute atomic E-state index is 0.241. The number of benzene rings is 2. The van der Waals surface area contributed by atoms with E-state index in [1.54, 1.807) is 29.2 Å². The molecule has 2 aromatic heterocycles. The van der Waals surface area contributed by atoms with Gasteiger partial charge in [0.25, 0.3) is 5.91 Å². The van der Waals surface area contributed by atoms with Crippen LogP contribution >= 0.6 is 0 Å². The topological polar surface area (TPSA) is 94.0 Å². The molecule has 8 heteroatoms. The zero-order valence-electron chi connectivity index (χ0n) is 18.0. The molecule has 0 fully saturated rings. The van der Waals surface area contributed by atoms with Gasteiger partial charge in [0.2, 0.25) is 5.95 Å². The first-order valence-corrected chi connectivity index (χ1v) is 10.5. The molecular formula is C25H22N6O2.